The van der Waals surface area contributed by atoms with E-state index in [2.05, 4.69) is 101 Å². The van der Waals surface area contributed by atoms with E-state index in [9.17, 15) is 0 Å². The molecule has 2 aromatic carbocycles. The van der Waals surface area contributed by atoms with Gasteiger partial charge < -0.3 is 4.90 Å². The fraction of sp³-hybridized carbons (Fsp3) is 0.217. The van der Waals surface area contributed by atoms with Crippen LogP contribution in [0.5, 0.6) is 0 Å². The lowest BCUT2D eigenvalue weighted by Gasteiger charge is -2.28. The average Bonchev–Trinajstić information content (AvgIpc) is 2.55. The van der Waals surface area contributed by atoms with E-state index in [0.29, 0.717) is 0 Å². The Labute approximate surface area is 146 Å². The third-order valence-electron chi connectivity index (χ3n) is 4.17. The van der Waals surface area contributed by atoms with Crippen molar-refractivity contribution < 1.29 is 0 Å². The summed E-state index contributed by atoms with van der Waals surface area (Å²) in [6, 6.07) is 17.1. The van der Waals surface area contributed by atoms with Gasteiger partial charge in [-0.25, -0.2) is 0 Å². The number of benzene rings is 2. The van der Waals surface area contributed by atoms with Crippen LogP contribution in [0.1, 0.15) is 31.9 Å². The summed E-state index contributed by atoms with van der Waals surface area (Å²) in [5, 5.41) is 0. The first kappa shape index (κ1) is 17.8. The molecule has 0 aromatic heterocycles. The highest BCUT2D eigenvalue weighted by Gasteiger charge is 2.17. The first-order valence-electron chi connectivity index (χ1n) is 8.22. The highest BCUT2D eigenvalue weighted by atomic mass is 15.1. The van der Waals surface area contributed by atoms with Gasteiger partial charge in [0, 0.05) is 17.1 Å². The van der Waals surface area contributed by atoms with E-state index >= 15 is 0 Å². The summed E-state index contributed by atoms with van der Waals surface area (Å²) in [4.78, 5) is 2.12. The molecule has 0 aliphatic carbocycles. The Morgan fingerprint density at radius 1 is 0.875 bits per heavy atom. The van der Waals surface area contributed by atoms with Crippen LogP contribution < -0.4 is 4.90 Å². The molecule has 2 aromatic rings. The molecule has 0 saturated heterocycles. The maximum atomic E-state index is 4.23. The fourth-order valence-corrected chi connectivity index (χ4v) is 2.53. The monoisotopic (exact) mass is 317 g/mol. The molecular weight excluding hydrogens is 290 g/mol. The van der Waals surface area contributed by atoms with Crippen molar-refractivity contribution in [1.82, 2.24) is 0 Å². The van der Waals surface area contributed by atoms with E-state index in [-0.39, 0.29) is 5.41 Å². The number of hydrogen-bond acceptors (Lipinski definition) is 1. The van der Waals surface area contributed by atoms with Gasteiger partial charge in [0.1, 0.15) is 0 Å². The molecule has 1 heteroatoms. The second-order valence-electron chi connectivity index (χ2n) is 7.14. The number of allylic oxidation sites excluding steroid dienone is 1. The molecule has 2 rings (SSSR count). The Bertz CT molecular complexity index is 740. The number of nitrogens with zero attached hydrogens (tertiary/aromatic N) is 1. The molecule has 0 heterocycles. The van der Waals surface area contributed by atoms with Crippen molar-refractivity contribution >= 4 is 11.4 Å². The van der Waals surface area contributed by atoms with Gasteiger partial charge in [-0.2, -0.15) is 0 Å². The summed E-state index contributed by atoms with van der Waals surface area (Å²) in [5.41, 5.74) is 6.46. The first-order chi connectivity index (χ1) is 11.2. The summed E-state index contributed by atoms with van der Waals surface area (Å²) < 4.78 is 0. The second-order valence-corrected chi connectivity index (χ2v) is 7.14. The summed E-state index contributed by atoms with van der Waals surface area (Å²) in [5.74, 6) is 0. The smallest absolute Gasteiger partial charge is 0.0461 e. The lowest BCUT2D eigenvalue weighted by atomic mass is 9.87. The van der Waals surface area contributed by atoms with Crippen molar-refractivity contribution in [2.75, 3.05) is 4.90 Å². The Morgan fingerprint density at radius 3 is 1.75 bits per heavy atom. The molecule has 0 N–H and O–H groups in total. The van der Waals surface area contributed by atoms with Gasteiger partial charge in [-0.15, -0.1) is 0 Å². The van der Waals surface area contributed by atoms with Gasteiger partial charge in [0.2, 0.25) is 0 Å². The zero-order chi connectivity index (χ0) is 17.9. The van der Waals surface area contributed by atoms with Crippen molar-refractivity contribution in [3.05, 3.63) is 96.7 Å². The zero-order valence-corrected chi connectivity index (χ0v) is 15.3. The van der Waals surface area contributed by atoms with E-state index in [1.54, 1.807) is 6.08 Å². The lowest BCUT2D eigenvalue weighted by Crippen LogP contribution is -2.17. The molecule has 0 radical (unpaired) electrons. The molecule has 24 heavy (non-hydrogen) atoms. The normalized spacial score (nSPS) is 11.0. The Kier molecular flexibility index (Phi) is 5.14. The third kappa shape index (κ3) is 3.86. The van der Waals surface area contributed by atoms with Crippen LogP contribution in [-0.4, -0.2) is 0 Å². The van der Waals surface area contributed by atoms with E-state index in [1.165, 1.54) is 11.1 Å². The van der Waals surface area contributed by atoms with Crippen LogP contribution in [0.4, 0.5) is 11.4 Å². The maximum absolute atomic E-state index is 4.23. The zero-order valence-electron chi connectivity index (χ0n) is 15.3. The van der Waals surface area contributed by atoms with Gasteiger partial charge >= 0.3 is 0 Å². The van der Waals surface area contributed by atoms with E-state index in [4.69, 9.17) is 0 Å². The van der Waals surface area contributed by atoms with Crippen molar-refractivity contribution in [2.45, 2.75) is 33.1 Å². The number of hydrogen-bond donors (Lipinski definition) is 0. The molecule has 124 valence electrons. The topological polar surface area (TPSA) is 3.24 Å². The van der Waals surface area contributed by atoms with Crippen molar-refractivity contribution in [3.63, 3.8) is 0 Å². The minimum atomic E-state index is 0.134. The minimum absolute atomic E-state index is 0.134. The van der Waals surface area contributed by atoms with Crippen molar-refractivity contribution in [2.24, 2.45) is 0 Å². The minimum Gasteiger partial charge on any atom is -0.311 e. The van der Waals surface area contributed by atoms with Gasteiger partial charge in [0.05, 0.1) is 0 Å². The molecule has 1 nitrogen and oxygen atoms in total. The molecule has 0 amide bonds. The maximum Gasteiger partial charge on any atom is 0.0461 e. The van der Waals surface area contributed by atoms with E-state index < -0.39 is 0 Å². The van der Waals surface area contributed by atoms with Crippen LogP contribution in [-0.2, 0) is 5.41 Å². The molecule has 0 bridgehead atoms. The van der Waals surface area contributed by atoms with Gasteiger partial charge in [-0.3, -0.25) is 0 Å². The van der Waals surface area contributed by atoms with Crippen LogP contribution in [0.25, 0.3) is 0 Å². The summed E-state index contributed by atoms with van der Waals surface area (Å²) in [7, 11) is 0. The van der Waals surface area contributed by atoms with Crippen molar-refractivity contribution in [1.29, 1.82) is 0 Å². The van der Waals surface area contributed by atoms with E-state index in [1.807, 2.05) is 0 Å². The van der Waals surface area contributed by atoms with E-state index in [0.717, 1.165) is 22.6 Å². The summed E-state index contributed by atoms with van der Waals surface area (Å²) in [6.45, 7) is 20.9. The Hall–Kier alpha value is -2.54. The standard InChI is InChI=1S/C23H27N/c1-8-18(3)19(4)24(21-13-9-17(2)10-14-21)22-15-11-20(12-16-22)23(5,6)7/h8-16H,1,3-4H2,2,5-7H3. The molecule has 0 aliphatic rings. The quantitative estimate of drug-likeness (QED) is 0.555. The molecule has 0 unspecified atom stereocenters. The van der Waals surface area contributed by atoms with Gasteiger partial charge in [0.25, 0.3) is 0 Å². The Morgan fingerprint density at radius 2 is 1.33 bits per heavy atom. The summed E-state index contributed by atoms with van der Waals surface area (Å²) in [6.07, 6.45) is 1.74. The second kappa shape index (κ2) is 6.92. The van der Waals surface area contributed by atoms with Gasteiger partial charge in [-0.1, -0.05) is 76.4 Å². The van der Waals surface area contributed by atoms with Crippen LogP contribution in [0.15, 0.2) is 85.6 Å². The van der Waals surface area contributed by atoms with Crippen LogP contribution in [0.2, 0.25) is 0 Å². The molecular formula is C23H27N. The SMILES string of the molecule is C=CC(=C)C(=C)N(c1ccc(C)cc1)c1ccc(C(C)(C)C)cc1. The van der Waals surface area contributed by atoms with Gasteiger partial charge in [0.15, 0.2) is 0 Å². The summed E-state index contributed by atoms with van der Waals surface area (Å²) >= 11 is 0. The third-order valence-corrected chi connectivity index (χ3v) is 4.17. The van der Waals surface area contributed by atoms with Crippen LogP contribution in [0.3, 0.4) is 0 Å². The van der Waals surface area contributed by atoms with Gasteiger partial charge in [-0.05, 0) is 47.7 Å². The molecule has 0 aliphatic heterocycles. The van der Waals surface area contributed by atoms with Crippen molar-refractivity contribution in [3.8, 4) is 0 Å². The first-order valence-corrected chi connectivity index (χ1v) is 8.22. The molecule has 0 atom stereocenters. The predicted molar refractivity (Wildman–Crippen MR) is 107 cm³/mol. The number of aryl methyl sites for hydroxylation is 1. The fourth-order valence-electron chi connectivity index (χ4n) is 2.53. The predicted octanol–water partition coefficient (Wildman–Crippen LogP) is 6.69. The Balaban J connectivity index is 2.50. The van der Waals surface area contributed by atoms with Crippen LogP contribution in [0, 0.1) is 6.92 Å². The molecule has 0 spiro atoms. The highest BCUT2D eigenvalue weighted by molar-refractivity contribution is 5.72. The lowest BCUT2D eigenvalue weighted by molar-refractivity contribution is 0.590. The average molecular weight is 317 g/mol. The molecule has 0 fully saturated rings. The van der Waals surface area contributed by atoms with Crippen LogP contribution >= 0.6 is 0 Å². The largest absolute Gasteiger partial charge is 0.311 e. The molecule has 0 saturated carbocycles. The number of rotatable bonds is 5. The highest BCUT2D eigenvalue weighted by Crippen LogP contribution is 2.33. The number of anilines is 2.